The lowest BCUT2D eigenvalue weighted by atomic mass is 9.94. The second-order valence-electron chi connectivity index (χ2n) is 4.49. The highest BCUT2D eigenvalue weighted by Gasteiger charge is 2.24. The van der Waals surface area contributed by atoms with Gasteiger partial charge >= 0.3 is 0 Å². The Balaban J connectivity index is 2.36. The van der Waals surface area contributed by atoms with Gasteiger partial charge in [0.1, 0.15) is 0 Å². The summed E-state index contributed by atoms with van der Waals surface area (Å²) < 4.78 is 0. The number of hydrogen-bond acceptors (Lipinski definition) is 2. The minimum Gasteiger partial charge on any atom is -0.384 e. The van der Waals surface area contributed by atoms with Crippen molar-refractivity contribution in [3.63, 3.8) is 0 Å². The van der Waals surface area contributed by atoms with Gasteiger partial charge in [-0.05, 0) is 37.6 Å². The Morgan fingerprint density at radius 1 is 1.31 bits per heavy atom. The van der Waals surface area contributed by atoms with E-state index in [-0.39, 0.29) is 0 Å². The first kappa shape index (κ1) is 11.5. The van der Waals surface area contributed by atoms with Gasteiger partial charge in [0.15, 0.2) is 0 Å². The van der Waals surface area contributed by atoms with E-state index in [1.807, 2.05) is 0 Å². The summed E-state index contributed by atoms with van der Waals surface area (Å²) in [5.41, 5.74) is 4.22. The van der Waals surface area contributed by atoms with Crippen molar-refractivity contribution in [1.29, 1.82) is 0 Å². The molecular weight excluding hydrogens is 196 g/mol. The molecule has 1 heterocycles. The number of aryl methyl sites for hydroxylation is 1. The third kappa shape index (κ3) is 1.94. The molecule has 1 unspecified atom stereocenters. The van der Waals surface area contributed by atoms with Gasteiger partial charge in [0, 0.05) is 18.3 Å². The fourth-order valence-electron chi connectivity index (χ4n) is 2.74. The van der Waals surface area contributed by atoms with Gasteiger partial charge in [-0.25, -0.2) is 0 Å². The Morgan fingerprint density at radius 3 is 2.75 bits per heavy atom. The first-order valence-electron chi connectivity index (χ1n) is 6.35. The quantitative estimate of drug-likeness (QED) is 0.838. The summed E-state index contributed by atoms with van der Waals surface area (Å²) in [7, 11) is 0. The van der Waals surface area contributed by atoms with Crippen molar-refractivity contribution < 1.29 is 0 Å². The first-order valence-corrected chi connectivity index (χ1v) is 6.35. The molecule has 0 spiro atoms. The van der Waals surface area contributed by atoms with Crippen molar-refractivity contribution in [3.05, 3.63) is 29.3 Å². The van der Waals surface area contributed by atoms with Gasteiger partial charge in [0.2, 0.25) is 0 Å². The van der Waals surface area contributed by atoms with Crippen LogP contribution in [0.25, 0.3) is 0 Å². The zero-order chi connectivity index (χ0) is 11.5. The van der Waals surface area contributed by atoms with Crippen molar-refractivity contribution in [1.82, 2.24) is 4.90 Å². The molecule has 0 radical (unpaired) electrons. The molecule has 0 aliphatic carbocycles. The Kier molecular flexibility index (Phi) is 3.49. The molecule has 0 saturated heterocycles. The van der Waals surface area contributed by atoms with E-state index < -0.39 is 0 Å². The lowest BCUT2D eigenvalue weighted by Crippen LogP contribution is -2.33. The average Bonchev–Trinajstić information content (AvgIpc) is 2.32. The zero-order valence-corrected chi connectivity index (χ0v) is 10.6. The number of benzene rings is 1. The van der Waals surface area contributed by atoms with Crippen LogP contribution in [0.1, 0.15) is 37.4 Å². The number of rotatable bonds is 3. The SMILES string of the molecule is CCN(CC)C1CCNc2c(C)cccc21. The minimum atomic E-state index is 0.603. The summed E-state index contributed by atoms with van der Waals surface area (Å²) in [4.78, 5) is 2.55. The summed E-state index contributed by atoms with van der Waals surface area (Å²) in [6.07, 6.45) is 1.22. The summed E-state index contributed by atoms with van der Waals surface area (Å²) in [5.74, 6) is 0. The van der Waals surface area contributed by atoms with E-state index in [1.54, 1.807) is 0 Å². The Bertz CT molecular complexity index is 356. The third-order valence-electron chi connectivity index (χ3n) is 3.64. The van der Waals surface area contributed by atoms with Crippen molar-refractivity contribution >= 4 is 5.69 Å². The molecule has 0 saturated carbocycles. The van der Waals surface area contributed by atoms with Crippen LogP contribution in [-0.2, 0) is 0 Å². The number of anilines is 1. The van der Waals surface area contributed by atoms with Crippen molar-refractivity contribution in [3.8, 4) is 0 Å². The maximum Gasteiger partial charge on any atom is 0.0418 e. The van der Waals surface area contributed by atoms with E-state index in [4.69, 9.17) is 0 Å². The van der Waals surface area contributed by atoms with E-state index in [0.717, 1.165) is 19.6 Å². The Morgan fingerprint density at radius 2 is 2.06 bits per heavy atom. The molecule has 1 aromatic rings. The molecule has 88 valence electrons. The van der Waals surface area contributed by atoms with Crippen molar-refractivity contribution in [2.24, 2.45) is 0 Å². The predicted molar refractivity (Wildman–Crippen MR) is 69.9 cm³/mol. The van der Waals surface area contributed by atoms with Crippen LogP contribution < -0.4 is 5.32 Å². The van der Waals surface area contributed by atoms with Gasteiger partial charge < -0.3 is 5.32 Å². The molecule has 0 bridgehead atoms. The van der Waals surface area contributed by atoms with Crippen LogP contribution in [0, 0.1) is 6.92 Å². The fraction of sp³-hybridized carbons (Fsp3) is 0.571. The van der Waals surface area contributed by atoms with Crippen LogP contribution in [0.2, 0.25) is 0 Å². The van der Waals surface area contributed by atoms with E-state index in [1.165, 1.54) is 23.2 Å². The van der Waals surface area contributed by atoms with E-state index in [2.05, 4.69) is 49.2 Å². The number of para-hydroxylation sites is 1. The van der Waals surface area contributed by atoms with Gasteiger partial charge in [-0.3, -0.25) is 4.90 Å². The van der Waals surface area contributed by atoms with E-state index in [0.29, 0.717) is 6.04 Å². The highest BCUT2D eigenvalue weighted by Crippen LogP contribution is 2.35. The topological polar surface area (TPSA) is 15.3 Å². The zero-order valence-electron chi connectivity index (χ0n) is 10.6. The molecule has 16 heavy (non-hydrogen) atoms. The molecular formula is C14H22N2. The molecule has 0 fully saturated rings. The maximum atomic E-state index is 3.54. The van der Waals surface area contributed by atoms with Crippen LogP contribution >= 0.6 is 0 Å². The van der Waals surface area contributed by atoms with E-state index >= 15 is 0 Å². The van der Waals surface area contributed by atoms with Crippen LogP contribution in [0.4, 0.5) is 5.69 Å². The summed E-state index contributed by atoms with van der Waals surface area (Å²) in [6, 6.07) is 7.25. The normalized spacial score (nSPS) is 19.4. The molecule has 1 aromatic carbocycles. The van der Waals surface area contributed by atoms with Gasteiger partial charge in [-0.2, -0.15) is 0 Å². The molecule has 0 aromatic heterocycles. The fourth-order valence-corrected chi connectivity index (χ4v) is 2.74. The summed E-state index contributed by atoms with van der Waals surface area (Å²) in [6.45, 7) is 10.1. The Hall–Kier alpha value is -1.02. The van der Waals surface area contributed by atoms with Gasteiger partial charge in [-0.1, -0.05) is 32.0 Å². The average molecular weight is 218 g/mol. The highest BCUT2D eigenvalue weighted by molar-refractivity contribution is 5.59. The molecule has 1 aliphatic rings. The predicted octanol–water partition coefficient (Wildman–Crippen LogP) is 3.19. The van der Waals surface area contributed by atoms with E-state index in [9.17, 15) is 0 Å². The molecule has 1 atom stereocenters. The molecule has 2 nitrogen and oxygen atoms in total. The first-order chi connectivity index (χ1) is 7.77. The second-order valence-corrected chi connectivity index (χ2v) is 4.49. The number of nitrogens with one attached hydrogen (secondary N) is 1. The maximum absolute atomic E-state index is 3.54. The summed E-state index contributed by atoms with van der Waals surface area (Å²) >= 11 is 0. The molecule has 1 N–H and O–H groups in total. The highest BCUT2D eigenvalue weighted by atomic mass is 15.2. The van der Waals surface area contributed by atoms with Gasteiger partial charge in [-0.15, -0.1) is 0 Å². The minimum absolute atomic E-state index is 0.603. The third-order valence-corrected chi connectivity index (χ3v) is 3.64. The van der Waals surface area contributed by atoms with Crippen LogP contribution in [-0.4, -0.2) is 24.5 Å². The van der Waals surface area contributed by atoms with Crippen molar-refractivity contribution in [2.45, 2.75) is 33.2 Å². The number of nitrogens with zero attached hydrogens (tertiary/aromatic N) is 1. The number of fused-ring (bicyclic) bond motifs is 1. The van der Waals surface area contributed by atoms with Gasteiger partial charge in [0.25, 0.3) is 0 Å². The number of hydrogen-bond donors (Lipinski definition) is 1. The standard InChI is InChI=1S/C14H22N2/c1-4-16(5-2)13-9-10-15-14-11(3)7-6-8-12(13)14/h6-8,13,15H,4-5,9-10H2,1-3H3. The van der Waals surface area contributed by atoms with Crippen LogP contribution in [0.15, 0.2) is 18.2 Å². The largest absolute Gasteiger partial charge is 0.384 e. The lowest BCUT2D eigenvalue weighted by molar-refractivity contribution is 0.208. The van der Waals surface area contributed by atoms with Crippen LogP contribution in [0.3, 0.4) is 0 Å². The van der Waals surface area contributed by atoms with Gasteiger partial charge in [0.05, 0.1) is 0 Å². The smallest absolute Gasteiger partial charge is 0.0418 e. The Labute approximate surface area is 98.7 Å². The second kappa shape index (κ2) is 4.88. The van der Waals surface area contributed by atoms with Crippen LogP contribution in [0.5, 0.6) is 0 Å². The molecule has 2 rings (SSSR count). The molecule has 0 amide bonds. The molecule has 1 aliphatic heterocycles. The van der Waals surface area contributed by atoms with Crippen molar-refractivity contribution in [2.75, 3.05) is 25.0 Å². The lowest BCUT2D eigenvalue weighted by Gasteiger charge is -2.35. The monoisotopic (exact) mass is 218 g/mol. The summed E-state index contributed by atoms with van der Waals surface area (Å²) in [5, 5.41) is 3.54. The molecule has 2 heteroatoms.